The minimum Gasteiger partial charge on any atom is -0.354 e. The van der Waals surface area contributed by atoms with Gasteiger partial charge in [0.1, 0.15) is 5.52 Å². The van der Waals surface area contributed by atoms with Crippen molar-refractivity contribution in [2.75, 3.05) is 7.05 Å². The molecule has 0 aliphatic carbocycles. The molecular formula is C23H18F2N8O2. The van der Waals surface area contributed by atoms with Crippen molar-refractivity contribution in [1.82, 2.24) is 39.6 Å². The van der Waals surface area contributed by atoms with Crippen LogP contribution in [0.25, 0.3) is 22.2 Å². The Kier molecular flexibility index (Phi) is 4.71. The summed E-state index contributed by atoms with van der Waals surface area (Å²) >= 11 is 0. The predicted molar refractivity (Wildman–Crippen MR) is 121 cm³/mol. The lowest BCUT2D eigenvalue weighted by Crippen LogP contribution is -2.22. The number of halogens is 2. The second kappa shape index (κ2) is 7.81. The first-order valence-corrected chi connectivity index (χ1v) is 10.8. The molecule has 12 heteroatoms. The van der Waals surface area contributed by atoms with Crippen molar-refractivity contribution in [2.45, 2.75) is 19.6 Å². The Morgan fingerprint density at radius 1 is 1.23 bits per heavy atom. The van der Waals surface area contributed by atoms with E-state index in [1.54, 1.807) is 42.2 Å². The van der Waals surface area contributed by atoms with Crippen LogP contribution in [0.4, 0.5) is 8.78 Å². The van der Waals surface area contributed by atoms with Crippen LogP contribution in [0.2, 0.25) is 0 Å². The lowest BCUT2D eigenvalue weighted by atomic mass is 10.1. The van der Waals surface area contributed by atoms with E-state index in [0.717, 1.165) is 22.0 Å². The summed E-state index contributed by atoms with van der Waals surface area (Å²) in [6.45, 7) is 1.29. The Balaban J connectivity index is 1.27. The lowest BCUT2D eigenvalue weighted by molar-refractivity contribution is 0.0958. The lowest BCUT2D eigenvalue weighted by Gasteiger charge is -2.16. The summed E-state index contributed by atoms with van der Waals surface area (Å²) in [6.07, 6.45) is 4.32. The Morgan fingerprint density at radius 3 is 2.89 bits per heavy atom. The third kappa shape index (κ3) is 3.29. The number of fused-ring (bicyclic) bond motifs is 4. The zero-order valence-electron chi connectivity index (χ0n) is 18.4. The zero-order valence-corrected chi connectivity index (χ0v) is 18.4. The first kappa shape index (κ1) is 21.1. The van der Waals surface area contributed by atoms with Gasteiger partial charge in [0.05, 0.1) is 23.1 Å². The molecule has 35 heavy (non-hydrogen) atoms. The molecule has 1 aromatic carbocycles. The van der Waals surface area contributed by atoms with Crippen LogP contribution in [0.1, 0.15) is 27.3 Å². The highest BCUT2D eigenvalue weighted by Crippen LogP contribution is 2.27. The van der Waals surface area contributed by atoms with Gasteiger partial charge in [0.15, 0.2) is 22.8 Å². The van der Waals surface area contributed by atoms with Crippen molar-refractivity contribution >= 4 is 22.5 Å². The van der Waals surface area contributed by atoms with Gasteiger partial charge < -0.3 is 10.3 Å². The van der Waals surface area contributed by atoms with E-state index in [2.05, 4.69) is 25.5 Å². The number of carbonyl (C=O) groups is 1. The number of benzene rings is 1. The van der Waals surface area contributed by atoms with Crippen molar-refractivity contribution < 1.29 is 13.6 Å². The van der Waals surface area contributed by atoms with Crippen LogP contribution in [0.3, 0.4) is 0 Å². The molecule has 0 atom stereocenters. The van der Waals surface area contributed by atoms with Crippen molar-refractivity contribution in [2.24, 2.45) is 0 Å². The first-order chi connectivity index (χ1) is 16.9. The molecule has 0 bridgehead atoms. The quantitative estimate of drug-likeness (QED) is 0.410. The molecule has 10 nitrogen and oxygen atoms in total. The van der Waals surface area contributed by atoms with Gasteiger partial charge in [0.2, 0.25) is 0 Å². The highest BCUT2D eigenvalue weighted by atomic mass is 19.1. The second-order valence-electron chi connectivity index (χ2n) is 8.28. The molecule has 0 saturated heterocycles. The summed E-state index contributed by atoms with van der Waals surface area (Å²) in [5.74, 6) is -1.66. The van der Waals surface area contributed by atoms with Crippen LogP contribution in [0, 0.1) is 11.6 Å². The van der Waals surface area contributed by atoms with E-state index < -0.39 is 17.2 Å². The minimum atomic E-state index is -0.766. The number of hydrogen-bond acceptors (Lipinski definition) is 6. The standard InChI is InChI=1S/C23H18F2N8O2/c1-26-22(34)20-16(3-2-6-27-20)32-10-13-9-31(11-15(13)30-32)8-12-4-5-17-19(18(12)25)29-23(35)21-14(24)7-28-33(17)21/h2-7,10H,8-9,11H2,1H3,(H,26,34)(H,29,35). The average molecular weight is 476 g/mol. The number of carbonyl (C=O) groups excluding carboxylic acids is 1. The molecule has 0 saturated carbocycles. The van der Waals surface area contributed by atoms with Gasteiger partial charge in [-0.2, -0.15) is 10.2 Å². The number of nitrogens with zero attached hydrogens (tertiary/aromatic N) is 6. The maximum Gasteiger partial charge on any atom is 0.277 e. The molecule has 4 aromatic heterocycles. The Labute approximate surface area is 195 Å². The maximum absolute atomic E-state index is 15.3. The third-order valence-corrected chi connectivity index (χ3v) is 6.12. The molecule has 5 heterocycles. The number of aromatic amines is 1. The van der Waals surface area contributed by atoms with Crippen LogP contribution >= 0.6 is 0 Å². The Bertz CT molecular complexity index is 1680. The van der Waals surface area contributed by atoms with Crippen LogP contribution < -0.4 is 10.9 Å². The van der Waals surface area contributed by atoms with E-state index in [-0.39, 0.29) is 34.7 Å². The average Bonchev–Trinajstić information content (AvgIpc) is 3.54. The van der Waals surface area contributed by atoms with Gasteiger partial charge in [0.25, 0.3) is 11.5 Å². The van der Waals surface area contributed by atoms with Crippen molar-refractivity contribution in [3.8, 4) is 5.69 Å². The van der Waals surface area contributed by atoms with Gasteiger partial charge in [-0.1, -0.05) is 6.07 Å². The molecule has 5 aromatic rings. The number of aromatic nitrogens is 6. The molecule has 176 valence electrons. The fourth-order valence-electron chi connectivity index (χ4n) is 4.49. The normalized spacial score (nSPS) is 13.6. The SMILES string of the molecule is CNC(=O)c1ncccc1-n1cc2c(n1)CN(Cc1ccc3c([nH]c(=O)c4c(F)cnn43)c1F)C2. The molecule has 0 radical (unpaired) electrons. The van der Waals surface area contributed by atoms with Crippen LogP contribution in [0.15, 0.2) is 47.7 Å². The van der Waals surface area contributed by atoms with Crippen LogP contribution in [0.5, 0.6) is 0 Å². The highest BCUT2D eigenvalue weighted by molar-refractivity contribution is 5.95. The van der Waals surface area contributed by atoms with Crippen LogP contribution in [-0.4, -0.2) is 47.2 Å². The third-order valence-electron chi connectivity index (χ3n) is 6.12. The van der Waals surface area contributed by atoms with Gasteiger partial charge in [-0.25, -0.2) is 23.0 Å². The zero-order chi connectivity index (χ0) is 24.3. The predicted octanol–water partition coefficient (Wildman–Crippen LogP) is 1.91. The molecule has 1 amide bonds. The van der Waals surface area contributed by atoms with E-state index in [0.29, 0.717) is 24.3 Å². The summed E-state index contributed by atoms with van der Waals surface area (Å²) in [6, 6.07) is 6.72. The molecule has 2 N–H and O–H groups in total. The van der Waals surface area contributed by atoms with Gasteiger partial charge in [-0.15, -0.1) is 0 Å². The van der Waals surface area contributed by atoms with E-state index >= 15 is 4.39 Å². The van der Waals surface area contributed by atoms with Gasteiger partial charge in [0, 0.05) is 50.2 Å². The number of rotatable bonds is 4. The summed E-state index contributed by atoms with van der Waals surface area (Å²) in [5, 5.41) is 11.1. The fraction of sp³-hybridized carbons (Fsp3) is 0.174. The van der Waals surface area contributed by atoms with Crippen molar-refractivity contribution in [1.29, 1.82) is 0 Å². The smallest absolute Gasteiger partial charge is 0.277 e. The second-order valence-corrected chi connectivity index (χ2v) is 8.28. The van der Waals surface area contributed by atoms with E-state index in [4.69, 9.17) is 0 Å². The fourth-order valence-corrected chi connectivity index (χ4v) is 4.49. The molecular weight excluding hydrogens is 458 g/mol. The monoisotopic (exact) mass is 476 g/mol. The topological polar surface area (TPSA) is 113 Å². The Hall–Kier alpha value is -4.45. The summed E-state index contributed by atoms with van der Waals surface area (Å²) in [7, 11) is 1.54. The number of H-pyrrole nitrogens is 1. The largest absolute Gasteiger partial charge is 0.354 e. The summed E-state index contributed by atoms with van der Waals surface area (Å²) < 4.78 is 31.9. The first-order valence-electron chi connectivity index (χ1n) is 10.8. The van der Waals surface area contributed by atoms with Crippen LogP contribution in [-0.2, 0) is 19.6 Å². The molecule has 0 spiro atoms. The molecule has 0 unspecified atom stereocenters. The maximum atomic E-state index is 15.3. The van der Waals surface area contributed by atoms with E-state index in [1.807, 2.05) is 11.1 Å². The molecule has 0 fully saturated rings. The van der Waals surface area contributed by atoms with E-state index in [9.17, 15) is 14.0 Å². The summed E-state index contributed by atoms with van der Waals surface area (Å²) in [4.78, 5) is 33.0. The minimum absolute atomic E-state index is 0.0245. The number of hydrogen-bond donors (Lipinski definition) is 2. The highest BCUT2D eigenvalue weighted by Gasteiger charge is 2.26. The number of nitrogens with one attached hydrogen (secondary N) is 2. The van der Waals surface area contributed by atoms with Gasteiger partial charge >= 0.3 is 0 Å². The number of amides is 1. The molecule has 1 aliphatic heterocycles. The van der Waals surface area contributed by atoms with Gasteiger partial charge in [-0.05, 0) is 18.2 Å². The summed E-state index contributed by atoms with van der Waals surface area (Å²) in [5.41, 5.74) is 2.25. The van der Waals surface area contributed by atoms with Gasteiger partial charge in [-0.3, -0.25) is 14.5 Å². The number of pyridine rings is 1. The Morgan fingerprint density at radius 2 is 2.09 bits per heavy atom. The molecule has 6 rings (SSSR count). The van der Waals surface area contributed by atoms with E-state index in [1.165, 1.54) is 0 Å². The molecule has 1 aliphatic rings. The van der Waals surface area contributed by atoms with Crippen molar-refractivity contribution in [3.05, 3.63) is 87.4 Å². The van der Waals surface area contributed by atoms with Crippen molar-refractivity contribution in [3.63, 3.8) is 0 Å².